The van der Waals surface area contributed by atoms with E-state index in [2.05, 4.69) is 0 Å². The summed E-state index contributed by atoms with van der Waals surface area (Å²) in [5.41, 5.74) is 0. The molecule has 0 saturated carbocycles. The van der Waals surface area contributed by atoms with Gasteiger partial charge in [-0.1, -0.05) is 0 Å². The zero-order valence-corrected chi connectivity index (χ0v) is 25.3. The molecule has 0 bridgehead atoms. The van der Waals surface area contributed by atoms with Gasteiger partial charge in [0.25, 0.3) is 0 Å². The maximum absolute atomic E-state index is 11.2. The lowest BCUT2D eigenvalue weighted by Gasteiger charge is -2.47. The summed E-state index contributed by atoms with van der Waals surface area (Å²) in [6.45, 7) is -1.38. The van der Waals surface area contributed by atoms with E-state index in [-0.39, 0.29) is 59.3 Å². The molecule has 272 valence electrons. The Morgan fingerprint density at radius 3 is 1.48 bits per heavy atom. The zero-order valence-electron chi connectivity index (χ0n) is 25.3. The Balaban J connectivity index is 1.74. The summed E-state index contributed by atoms with van der Waals surface area (Å²) in [5.74, 6) is 0. The van der Waals surface area contributed by atoms with Crippen LogP contribution in [0.25, 0.3) is 0 Å². The van der Waals surface area contributed by atoms with Gasteiger partial charge in [0.05, 0.1) is 19.8 Å². The molecule has 15 atom stereocenters. The first kappa shape index (κ1) is 39.7. The van der Waals surface area contributed by atoms with Gasteiger partial charge < -0.3 is 94.1 Å². The molecule has 0 spiro atoms. The molecule has 19 nitrogen and oxygen atoms in total. The Bertz CT molecular complexity index is 828. The first-order valence-electron chi connectivity index (χ1n) is 15.3. The van der Waals surface area contributed by atoms with Crippen molar-refractivity contribution >= 4 is 0 Å². The molecule has 3 rings (SSSR count). The van der Waals surface area contributed by atoms with Crippen LogP contribution in [0.4, 0.5) is 0 Å². The minimum atomic E-state index is -1.83. The van der Waals surface area contributed by atoms with E-state index in [0.717, 1.165) is 0 Å². The Kier molecular flexibility index (Phi) is 17.3. The van der Waals surface area contributed by atoms with E-state index in [1.807, 2.05) is 0 Å². The van der Waals surface area contributed by atoms with Crippen LogP contribution in [0.3, 0.4) is 0 Å². The Morgan fingerprint density at radius 2 is 0.935 bits per heavy atom. The highest BCUT2D eigenvalue weighted by Gasteiger charge is 2.52. The van der Waals surface area contributed by atoms with Gasteiger partial charge in [0.15, 0.2) is 18.9 Å². The minimum absolute atomic E-state index is 0.0860. The summed E-state index contributed by atoms with van der Waals surface area (Å²) in [6.07, 6.45) is -22.7. The lowest BCUT2D eigenvalue weighted by Crippen LogP contribution is -2.65. The second kappa shape index (κ2) is 20.0. The summed E-state index contributed by atoms with van der Waals surface area (Å²) in [7, 11) is 0. The average Bonchev–Trinajstić information content (AvgIpc) is 3.04. The van der Waals surface area contributed by atoms with Crippen LogP contribution in [-0.4, -0.2) is 208 Å². The van der Waals surface area contributed by atoms with Crippen molar-refractivity contribution in [2.24, 2.45) is 0 Å². The first-order valence-corrected chi connectivity index (χ1v) is 15.3. The highest BCUT2D eigenvalue weighted by atomic mass is 16.7. The fourth-order valence-electron chi connectivity index (χ4n) is 5.11. The van der Waals surface area contributed by atoms with Crippen LogP contribution in [0.15, 0.2) is 0 Å². The van der Waals surface area contributed by atoms with Crippen molar-refractivity contribution in [1.29, 1.82) is 0 Å². The van der Waals surface area contributed by atoms with Crippen LogP contribution in [-0.2, 0) is 37.9 Å². The van der Waals surface area contributed by atoms with Crippen molar-refractivity contribution in [1.82, 2.24) is 0 Å². The van der Waals surface area contributed by atoms with Gasteiger partial charge in [0, 0.05) is 39.6 Å². The van der Waals surface area contributed by atoms with E-state index in [4.69, 9.17) is 53.2 Å². The molecule has 3 heterocycles. The monoisotopic (exact) mass is 678 g/mol. The smallest absolute Gasteiger partial charge is 0.187 e. The third-order valence-electron chi connectivity index (χ3n) is 7.76. The van der Waals surface area contributed by atoms with Crippen LogP contribution in [0, 0.1) is 0 Å². The van der Waals surface area contributed by atoms with Crippen LogP contribution in [0.1, 0.15) is 19.3 Å². The zero-order chi connectivity index (χ0) is 33.8. The Morgan fingerprint density at radius 1 is 0.435 bits per heavy atom. The quantitative estimate of drug-likeness (QED) is 0.0566. The highest BCUT2D eigenvalue weighted by Crippen LogP contribution is 2.31. The predicted octanol–water partition coefficient (Wildman–Crippen LogP) is -6.35. The third-order valence-corrected chi connectivity index (χ3v) is 7.76. The maximum atomic E-state index is 11.2. The molecule has 0 aromatic heterocycles. The summed E-state index contributed by atoms with van der Waals surface area (Å²) in [4.78, 5) is 0. The fourth-order valence-corrected chi connectivity index (χ4v) is 5.11. The summed E-state index contributed by atoms with van der Waals surface area (Å²) in [6, 6.07) is 0. The predicted molar refractivity (Wildman–Crippen MR) is 148 cm³/mol. The minimum Gasteiger partial charge on any atom is -0.396 e. The summed E-state index contributed by atoms with van der Waals surface area (Å²) >= 11 is 0. The maximum Gasteiger partial charge on any atom is 0.187 e. The molecule has 3 aliphatic rings. The standard InChI is InChI=1S/C27H50O19/c28-4-1-7-39-10-13-16(31)18(33)20(35)26(44-13)42-12-15-23(22(37)24(25(38)43-15)41-9-3-6-30)46-27-21(36)19(34)17(32)14(45-27)11-40-8-2-5-29/h13-38H,1-12H2/t13-,14-,15-,16+,17-,18+,19+,20-,21+,22+,23-,24+,25-,26+,27+/m1/s1. The van der Waals surface area contributed by atoms with E-state index in [9.17, 15) is 40.9 Å². The van der Waals surface area contributed by atoms with Gasteiger partial charge in [-0.15, -0.1) is 0 Å². The molecule has 0 amide bonds. The SMILES string of the molecule is OCCCOC[C@H]1O[C@H](OC[C@H]2O[C@@H](O)[C@@H](OCCCO)[C@@H](O)[C@@H]2O[C@@H]2O[C@H](COCCCO)[C@@H](O)[C@H](O)[C@@H]2O)[C@H](O)[C@@H](O)[C@H]1O. The van der Waals surface area contributed by atoms with Gasteiger partial charge in [-0.25, -0.2) is 0 Å². The summed E-state index contributed by atoms with van der Waals surface area (Å²) < 4.78 is 44.6. The van der Waals surface area contributed by atoms with E-state index >= 15 is 0 Å². The second-order valence-electron chi connectivity index (χ2n) is 11.2. The van der Waals surface area contributed by atoms with Crippen LogP contribution >= 0.6 is 0 Å². The number of rotatable bonds is 19. The van der Waals surface area contributed by atoms with Crippen molar-refractivity contribution < 1.29 is 94.1 Å². The van der Waals surface area contributed by atoms with Gasteiger partial charge >= 0.3 is 0 Å². The number of aliphatic hydroxyl groups excluding tert-OH is 11. The molecule has 11 N–H and O–H groups in total. The molecular weight excluding hydrogens is 628 g/mol. The number of hydrogen-bond acceptors (Lipinski definition) is 19. The first-order chi connectivity index (χ1) is 22.0. The molecule has 0 aliphatic carbocycles. The van der Waals surface area contributed by atoms with E-state index in [1.54, 1.807) is 0 Å². The van der Waals surface area contributed by atoms with Crippen LogP contribution < -0.4 is 0 Å². The summed E-state index contributed by atoms with van der Waals surface area (Å²) in [5, 5.41) is 112. The molecule has 19 heteroatoms. The number of aliphatic hydroxyl groups is 11. The highest BCUT2D eigenvalue weighted by molar-refractivity contribution is 4.95. The largest absolute Gasteiger partial charge is 0.396 e. The number of hydrogen-bond donors (Lipinski definition) is 11. The topological polar surface area (TPSA) is 296 Å². The fraction of sp³-hybridized carbons (Fsp3) is 1.00. The van der Waals surface area contributed by atoms with Gasteiger partial charge in [-0.2, -0.15) is 0 Å². The second-order valence-corrected chi connectivity index (χ2v) is 11.2. The van der Waals surface area contributed by atoms with Crippen molar-refractivity contribution in [2.45, 2.75) is 111 Å². The normalized spacial score (nSPS) is 41.9. The van der Waals surface area contributed by atoms with Crippen molar-refractivity contribution in [2.75, 3.05) is 59.5 Å². The molecule has 46 heavy (non-hydrogen) atoms. The van der Waals surface area contributed by atoms with Gasteiger partial charge in [-0.05, 0) is 19.3 Å². The molecule has 3 aliphatic heterocycles. The third kappa shape index (κ3) is 10.6. The molecular formula is C27H50O19. The van der Waals surface area contributed by atoms with Crippen LogP contribution in [0.5, 0.6) is 0 Å². The van der Waals surface area contributed by atoms with E-state index in [0.29, 0.717) is 12.8 Å². The van der Waals surface area contributed by atoms with Gasteiger partial charge in [0.1, 0.15) is 73.2 Å². The molecule has 3 fully saturated rings. The lowest BCUT2D eigenvalue weighted by atomic mass is 9.96. The lowest BCUT2D eigenvalue weighted by molar-refractivity contribution is -0.366. The van der Waals surface area contributed by atoms with Crippen molar-refractivity contribution in [3.63, 3.8) is 0 Å². The van der Waals surface area contributed by atoms with Crippen molar-refractivity contribution in [3.05, 3.63) is 0 Å². The van der Waals surface area contributed by atoms with Crippen molar-refractivity contribution in [3.8, 4) is 0 Å². The molecule has 0 radical (unpaired) electrons. The van der Waals surface area contributed by atoms with Crippen LogP contribution in [0.2, 0.25) is 0 Å². The van der Waals surface area contributed by atoms with E-state index < -0.39 is 98.7 Å². The molecule has 3 saturated heterocycles. The average molecular weight is 679 g/mol. The van der Waals surface area contributed by atoms with E-state index in [1.165, 1.54) is 0 Å². The number of ether oxygens (including phenoxy) is 8. The molecule has 0 aromatic rings. The molecule has 0 aromatic carbocycles. The Labute approximate surface area is 265 Å². The molecule has 0 unspecified atom stereocenters. The Hall–Kier alpha value is -0.760. The van der Waals surface area contributed by atoms with Gasteiger partial charge in [-0.3, -0.25) is 0 Å². The van der Waals surface area contributed by atoms with Gasteiger partial charge in [0.2, 0.25) is 0 Å².